The molecule has 1 aromatic carbocycles. The molecule has 1 aromatic rings. The zero-order valence-corrected chi connectivity index (χ0v) is 11.2. The molecular weight excluding hydrogens is 204 g/mol. The predicted octanol–water partition coefficient (Wildman–Crippen LogP) is 5.00. The molecule has 0 aliphatic carbocycles. The van der Waals surface area contributed by atoms with E-state index in [0.29, 0.717) is 0 Å². The fraction of sp³-hybridized carbons (Fsp3) is 0.571. The lowest BCUT2D eigenvalue weighted by atomic mass is 9.91. The fourth-order valence-corrected chi connectivity index (χ4v) is 2.66. The van der Waals surface area contributed by atoms with Crippen molar-refractivity contribution in [3.63, 3.8) is 0 Å². The maximum atomic E-state index is 6.46. The van der Waals surface area contributed by atoms with E-state index in [0.717, 1.165) is 12.8 Å². The fourth-order valence-electron chi connectivity index (χ4n) is 2.11. The number of hydrogen-bond donors (Lipinski definition) is 0. The SMILES string of the molecule is CCCC(Cl)c1c(C)c(C)cc(C)c1C. The van der Waals surface area contributed by atoms with Gasteiger partial charge in [-0.15, -0.1) is 11.6 Å². The Hall–Kier alpha value is -0.490. The van der Waals surface area contributed by atoms with E-state index >= 15 is 0 Å². The summed E-state index contributed by atoms with van der Waals surface area (Å²) >= 11 is 6.46. The molecule has 0 saturated heterocycles. The summed E-state index contributed by atoms with van der Waals surface area (Å²) in [6, 6.07) is 2.25. The van der Waals surface area contributed by atoms with Crippen molar-refractivity contribution >= 4 is 11.6 Å². The number of hydrogen-bond acceptors (Lipinski definition) is 0. The Morgan fingerprint density at radius 2 is 1.53 bits per heavy atom. The van der Waals surface area contributed by atoms with Gasteiger partial charge in [0.25, 0.3) is 0 Å². The third-order valence-corrected chi connectivity index (χ3v) is 3.72. The third kappa shape index (κ3) is 2.55. The summed E-state index contributed by atoms with van der Waals surface area (Å²) in [6.45, 7) is 10.9. The van der Waals surface area contributed by atoms with Crippen LogP contribution in [-0.2, 0) is 0 Å². The Morgan fingerprint density at radius 1 is 1.07 bits per heavy atom. The van der Waals surface area contributed by atoms with E-state index in [1.807, 2.05) is 0 Å². The molecule has 0 spiro atoms. The topological polar surface area (TPSA) is 0 Å². The van der Waals surface area contributed by atoms with Gasteiger partial charge in [0.2, 0.25) is 0 Å². The van der Waals surface area contributed by atoms with Crippen molar-refractivity contribution in [1.82, 2.24) is 0 Å². The van der Waals surface area contributed by atoms with E-state index < -0.39 is 0 Å². The Kier molecular flexibility index (Phi) is 4.21. The Labute approximate surface area is 98.7 Å². The van der Waals surface area contributed by atoms with E-state index in [4.69, 9.17) is 11.6 Å². The molecule has 15 heavy (non-hydrogen) atoms. The van der Waals surface area contributed by atoms with Crippen molar-refractivity contribution in [2.75, 3.05) is 0 Å². The molecule has 0 bridgehead atoms. The number of rotatable bonds is 3. The van der Waals surface area contributed by atoms with Gasteiger partial charge in [-0.2, -0.15) is 0 Å². The van der Waals surface area contributed by atoms with Crippen LogP contribution in [0.2, 0.25) is 0 Å². The number of aryl methyl sites for hydroxylation is 2. The van der Waals surface area contributed by atoms with Gasteiger partial charge in [0.1, 0.15) is 0 Å². The van der Waals surface area contributed by atoms with Gasteiger partial charge in [-0.1, -0.05) is 19.4 Å². The van der Waals surface area contributed by atoms with Crippen LogP contribution in [0.1, 0.15) is 53.0 Å². The minimum Gasteiger partial charge on any atom is -0.118 e. The molecule has 1 atom stereocenters. The summed E-state index contributed by atoms with van der Waals surface area (Å²) in [5.74, 6) is 0. The number of alkyl halides is 1. The Bertz CT molecular complexity index is 327. The lowest BCUT2D eigenvalue weighted by Crippen LogP contribution is -2.02. The zero-order valence-electron chi connectivity index (χ0n) is 10.4. The van der Waals surface area contributed by atoms with Gasteiger partial charge in [0, 0.05) is 0 Å². The van der Waals surface area contributed by atoms with Gasteiger partial charge in [-0.05, 0) is 61.9 Å². The number of benzene rings is 1. The van der Waals surface area contributed by atoms with Crippen molar-refractivity contribution in [1.29, 1.82) is 0 Å². The summed E-state index contributed by atoms with van der Waals surface area (Å²) < 4.78 is 0. The van der Waals surface area contributed by atoms with Crippen molar-refractivity contribution < 1.29 is 0 Å². The highest BCUT2D eigenvalue weighted by atomic mass is 35.5. The first-order chi connectivity index (χ1) is 6.99. The van der Waals surface area contributed by atoms with Crippen molar-refractivity contribution in [2.45, 2.75) is 52.8 Å². The van der Waals surface area contributed by atoms with Crippen molar-refractivity contribution in [2.24, 2.45) is 0 Å². The first-order valence-corrected chi connectivity index (χ1v) is 6.14. The monoisotopic (exact) mass is 224 g/mol. The smallest absolute Gasteiger partial charge is 0.0590 e. The summed E-state index contributed by atoms with van der Waals surface area (Å²) in [4.78, 5) is 0. The minimum absolute atomic E-state index is 0.175. The van der Waals surface area contributed by atoms with Gasteiger partial charge in [-0.25, -0.2) is 0 Å². The molecular formula is C14H21Cl. The lowest BCUT2D eigenvalue weighted by molar-refractivity contribution is 0.760. The lowest BCUT2D eigenvalue weighted by Gasteiger charge is -2.19. The largest absolute Gasteiger partial charge is 0.118 e. The van der Waals surface area contributed by atoms with E-state index in [-0.39, 0.29) is 5.38 Å². The highest BCUT2D eigenvalue weighted by Crippen LogP contribution is 2.33. The second-order valence-corrected chi connectivity index (χ2v) is 4.96. The molecule has 1 heteroatoms. The minimum atomic E-state index is 0.175. The van der Waals surface area contributed by atoms with Crippen molar-refractivity contribution in [3.05, 3.63) is 33.9 Å². The van der Waals surface area contributed by atoms with Crippen LogP contribution in [0.3, 0.4) is 0 Å². The summed E-state index contributed by atoms with van der Waals surface area (Å²) in [5.41, 5.74) is 6.80. The molecule has 0 heterocycles. The van der Waals surface area contributed by atoms with Gasteiger partial charge in [0.05, 0.1) is 5.38 Å². The van der Waals surface area contributed by atoms with Crippen LogP contribution in [0.15, 0.2) is 6.07 Å². The third-order valence-electron chi connectivity index (χ3n) is 3.28. The van der Waals surface area contributed by atoms with Crippen LogP contribution in [-0.4, -0.2) is 0 Å². The Balaban J connectivity index is 3.26. The highest BCUT2D eigenvalue weighted by molar-refractivity contribution is 6.21. The summed E-state index contributed by atoms with van der Waals surface area (Å²) in [5, 5.41) is 0.175. The van der Waals surface area contributed by atoms with E-state index in [2.05, 4.69) is 40.7 Å². The van der Waals surface area contributed by atoms with Gasteiger partial charge >= 0.3 is 0 Å². The molecule has 0 aliphatic heterocycles. The van der Waals surface area contributed by atoms with Crippen LogP contribution >= 0.6 is 11.6 Å². The van der Waals surface area contributed by atoms with Gasteiger partial charge in [-0.3, -0.25) is 0 Å². The average Bonchev–Trinajstić information content (AvgIpc) is 2.16. The van der Waals surface area contributed by atoms with Gasteiger partial charge < -0.3 is 0 Å². The molecule has 1 unspecified atom stereocenters. The maximum Gasteiger partial charge on any atom is 0.0590 e. The standard InChI is InChI=1S/C14H21Cl/c1-6-7-13(15)14-11(4)9(2)8-10(3)12(14)5/h8,13H,6-7H2,1-5H3. The Morgan fingerprint density at radius 3 is 1.93 bits per heavy atom. The molecule has 0 radical (unpaired) electrons. The molecule has 0 nitrogen and oxygen atoms in total. The first-order valence-electron chi connectivity index (χ1n) is 5.70. The van der Waals surface area contributed by atoms with Gasteiger partial charge in [0.15, 0.2) is 0 Å². The maximum absolute atomic E-state index is 6.46. The van der Waals surface area contributed by atoms with Crippen LogP contribution in [0, 0.1) is 27.7 Å². The summed E-state index contributed by atoms with van der Waals surface area (Å²) in [6.07, 6.45) is 2.20. The van der Waals surface area contributed by atoms with E-state index in [9.17, 15) is 0 Å². The molecule has 0 N–H and O–H groups in total. The molecule has 1 rings (SSSR count). The quantitative estimate of drug-likeness (QED) is 0.634. The predicted molar refractivity (Wildman–Crippen MR) is 68.9 cm³/mol. The van der Waals surface area contributed by atoms with Crippen LogP contribution in [0.4, 0.5) is 0 Å². The summed E-state index contributed by atoms with van der Waals surface area (Å²) in [7, 11) is 0. The molecule has 0 amide bonds. The molecule has 0 saturated carbocycles. The average molecular weight is 225 g/mol. The van der Waals surface area contributed by atoms with E-state index in [1.54, 1.807) is 0 Å². The van der Waals surface area contributed by atoms with Crippen LogP contribution in [0.5, 0.6) is 0 Å². The van der Waals surface area contributed by atoms with E-state index in [1.165, 1.54) is 27.8 Å². The number of halogens is 1. The molecule has 0 aliphatic rings. The van der Waals surface area contributed by atoms with Crippen molar-refractivity contribution in [3.8, 4) is 0 Å². The first kappa shape index (κ1) is 12.6. The highest BCUT2D eigenvalue weighted by Gasteiger charge is 2.15. The van der Waals surface area contributed by atoms with Crippen LogP contribution < -0.4 is 0 Å². The molecule has 0 aromatic heterocycles. The normalized spacial score (nSPS) is 12.9. The second kappa shape index (κ2) is 5.03. The van der Waals surface area contributed by atoms with Crippen LogP contribution in [0.25, 0.3) is 0 Å². The zero-order chi connectivity index (χ0) is 11.6. The molecule has 0 fully saturated rings. The second-order valence-electron chi connectivity index (χ2n) is 4.43. The molecule has 84 valence electrons.